The molecule has 3 aromatic carbocycles. The third kappa shape index (κ3) is 4.23. The van der Waals surface area contributed by atoms with Crippen LogP contribution in [0, 0.1) is 10.1 Å². The van der Waals surface area contributed by atoms with E-state index in [9.17, 15) is 24.8 Å². The van der Waals surface area contributed by atoms with Crippen LogP contribution in [0.4, 0.5) is 11.4 Å². The van der Waals surface area contributed by atoms with Crippen LogP contribution < -0.4 is 9.64 Å². The Kier molecular flexibility index (Phi) is 6.34. The molecule has 0 aromatic heterocycles. The summed E-state index contributed by atoms with van der Waals surface area (Å²) in [5.41, 5.74) is 0.874. The summed E-state index contributed by atoms with van der Waals surface area (Å²) in [6.45, 7) is 2.33. The maximum absolute atomic E-state index is 13.1. The highest BCUT2D eigenvalue weighted by Crippen LogP contribution is 2.42. The van der Waals surface area contributed by atoms with E-state index in [-0.39, 0.29) is 16.8 Å². The molecule has 0 spiro atoms. The molecule has 34 heavy (non-hydrogen) atoms. The lowest BCUT2D eigenvalue weighted by molar-refractivity contribution is -0.384. The number of aliphatic hydroxyl groups is 1. The van der Waals surface area contributed by atoms with Crippen LogP contribution in [0.3, 0.4) is 0 Å². The standard InChI is InChI=1S/C25H19ClN2O6/c1-2-34-20-13-11-18(12-14-20)27-22(15-3-7-17(26)8-4-15)21(24(30)25(27)31)23(29)16-5-9-19(10-6-16)28(32)33/h3-14,22,29H,2H2,1H3/b23-21-. The van der Waals surface area contributed by atoms with Gasteiger partial charge < -0.3 is 9.84 Å². The number of carbonyl (C=O) groups excluding carboxylic acids is 2. The lowest BCUT2D eigenvalue weighted by Crippen LogP contribution is -2.29. The number of Topliss-reactive ketones (excluding diaryl/α,β-unsaturated/α-hetero) is 1. The van der Waals surface area contributed by atoms with Crippen molar-refractivity contribution in [1.29, 1.82) is 0 Å². The highest BCUT2D eigenvalue weighted by atomic mass is 35.5. The maximum Gasteiger partial charge on any atom is 0.300 e. The molecule has 0 bridgehead atoms. The van der Waals surface area contributed by atoms with Crippen molar-refractivity contribution in [2.75, 3.05) is 11.5 Å². The third-order valence-corrected chi connectivity index (χ3v) is 5.66. The molecule has 0 saturated carbocycles. The largest absolute Gasteiger partial charge is 0.507 e. The van der Waals surface area contributed by atoms with Crippen LogP contribution in [0.1, 0.15) is 24.1 Å². The van der Waals surface area contributed by atoms with Gasteiger partial charge in [-0.1, -0.05) is 23.7 Å². The number of ether oxygens (including phenoxy) is 1. The molecule has 4 rings (SSSR count). The van der Waals surface area contributed by atoms with Crippen LogP contribution in [0.5, 0.6) is 5.75 Å². The summed E-state index contributed by atoms with van der Waals surface area (Å²) in [5.74, 6) is -1.50. The van der Waals surface area contributed by atoms with Crippen LogP contribution in [-0.2, 0) is 9.59 Å². The molecule has 1 unspecified atom stereocenters. The average molecular weight is 479 g/mol. The highest BCUT2D eigenvalue weighted by molar-refractivity contribution is 6.51. The Labute approximate surface area is 199 Å². The summed E-state index contributed by atoms with van der Waals surface area (Å²) >= 11 is 6.03. The summed E-state index contributed by atoms with van der Waals surface area (Å²) < 4.78 is 5.46. The summed E-state index contributed by atoms with van der Waals surface area (Å²) in [7, 11) is 0. The number of carbonyl (C=O) groups is 2. The van der Waals surface area contributed by atoms with Gasteiger partial charge >= 0.3 is 0 Å². The number of anilines is 1. The average Bonchev–Trinajstić information content (AvgIpc) is 3.10. The zero-order chi connectivity index (χ0) is 24.4. The number of halogens is 1. The van der Waals surface area contributed by atoms with Gasteiger partial charge in [0.05, 0.1) is 23.1 Å². The predicted octanol–water partition coefficient (Wildman–Crippen LogP) is 5.27. The first-order valence-electron chi connectivity index (χ1n) is 10.4. The van der Waals surface area contributed by atoms with E-state index in [1.54, 1.807) is 48.5 Å². The fraction of sp³-hybridized carbons (Fsp3) is 0.120. The van der Waals surface area contributed by atoms with Crippen molar-refractivity contribution in [1.82, 2.24) is 0 Å². The number of rotatable bonds is 6. The number of ketones is 1. The van der Waals surface area contributed by atoms with Crippen molar-refractivity contribution >= 4 is 40.4 Å². The number of nitro groups is 1. The summed E-state index contributed by atoms with van der Waals surface area (Å²) in [6.07, 6.45) is 0. The minimum absolute atomic E-state index is 0.130. The van der Waals surface area contributed by atoms with E-state index in [2.05, 4.69) is 0 Å². The van der Waals surface area contributed by atoms with Gasteiger partial charge in [-0.2, -0.15) is 0 Å². The lowest BCUT2D eigenvalue weighted by atomic mass is 9.95. The van der Waals surface area contributed by atoms with Crippen molar-refractivity contribution in [3.63, 3.8) is 0 Å². The van der Waals surface area contributed by atoms with Crippen molar-refractivity contribution in [2.24, 2.45) is 0 Å². The molecular weight excluding hydrogens is 460 g/mol. The van der Waals surface area contributed by atoms with Crippen molar-refractivity contribution in [3.8, 4) is 5.75 Å². The Hall–Kier alpha value is -4.17. The molecule has 1 saturated heterocycles. The Bertz CT molecular complexity index is 1280. The second-order valence-corrected chi connectivity index (χ2v) is 7.89. The van der Waals surface area contributed by atoms with Gasteiger partial charge in [-0.05, 0) is 61.0 Å². The first kappa shape index (κ1) is 23.0. The van der Waals surface area contributed by atoms with Crippen molar-refractivity contribution in [3.05, 3.63) is 105 Å². The van der Waals surface area contributed by atoms with E-state index in [1.165, 1.54) is 29.2 Å². The van der Waals surface area contributed by atoms with E-state index < -0.39 is 28.4 Å². The number of aliphatic hydroxyl groups excluding tert-OH is 1. The molecule has 172 valence electrons. The normalized spacial score (nSPS) is 17.1. The Balaban J connectivity index is 1.86. The second kappa shape index (κ2) is 9.36. The molecule has 1 aliphatic heterocycles. The number of amides is 1. The van der Waals surface area contributed by atoms with Crippen LogP contribution in [-0.4, -0.2) is 28.3 Å². The molecule has 3 aromatic rings. The fourth-order valence-corrected chi connectivity index (χ4v) is 3.95. The third-order valence-electron chi connectivity index (χ3n) is 5.41. The Morgan fingerprint density at radius 3 is 2.21 bits per heavy atom. The maximum atomic E-state index is 13.1. The van der Waals surface area contributed by atoms with Crippen LogP contribution in [0.25, 0.3) is 5.76 Å². The zero-order valence-corrected chi connectivity index (χ0v) is 18.7. The summed E-state index contributed by atoms with van der Waals surface area (Å²) in [6, 6.07) is 17.4. The number of hydrogen-bond acceptors (Lipinski definition) is 6. The lowest BCUT2D eigenvalue weighted by Gasteiger charge is -2.25. The van der Waals surface area contributed by atoms with Gasteiger partial charge in [0.15, 0.2) is 0 Å². The predicted molar refractivity (Wildman–Crippen MR) is 127 cm³/mol. The second-order valence-electron chi connectivity index (χ2n) is 7.45. The van der Waals surface area contributed by atoms with Crippen LogP contribution >= 0.6 is 11.6 Å². The highest BCUT2D eigenvalue weighted by Gasteiger charge is 2.47. The molecule has 8 nitrogen and oxygen atoms in total. The van der Waals surface area contributed by atoms with E-state index in [0.29, 0.717) is 28.6 Å². The van der Waals surface area contributed by atoms with E-state index in [1.807, 2.05) is 6.92 Å². The van der Waals surface area contributed by atoms with Gasteiger partial charge in [0.2, 0.25) is 0 Å². The minimum Gasteiger partial charge on any atom is -0.507 e. The first-order valence-corrected chi connectivity index (χ1v) is 10.7. The molecule has 1 fully saturated rings. The zero-order valence-electron chi connectivity index (χ0n) is 18.0. The number of nitrogens with zero attached hydrogens (tertiary/aromatic N) is 2. The Morgan fingerprint density at radius 2 is 1.65 bits per heavy atom. The van der Waals surface area contributed by atoms with Gasteiger partial charge in [0, 0.05) is 28.4 Å². The number of nitro benzene ring substituents is 1. The fourth-order valence-electron chi connectivity index (χ4n) is 3.83. The van der Waals surface area contributed by atoms with E-state index in [4.69, 9.17) is 16.3 Å². The number of hydrogen-bond donors (Lipinski definition) is 1. The molecule has 1 atom stereocenters. The Morgan fingerprint density at radius 1 is 1.03 bits per heavy atom. The van der Waals surface area contributed by atoms with Gasteiger partial charge in [-0.15, -0.1) is 0 Å². The van der Waals surface area contributed by atoms with Crippen molar-refractivity contribution in [2.45, 2.75) is 13.0 Å². The summed E-state index contributed by atoms with van der Waals surface area (Å²) in [5, 5.41) is 22.5. The smallest absolute Gasteiger partial charge is 0.300 e. The minimum atomic E-state index is -0.939. The molecule has 0 aliphatic carbocycles. The molecule has 9 heteroatoms. The van der Waals surface area contributed by atoms with Crippen LogP contribution in [0.15, 0.2) is 78.4 Å². The number of non-ortho nitro benzene ring substituents is 1. The van der Waals surface area contributed by atoms with Gasteiger partial charge in [-0.25, -0.2) is 0 Å². The SMILES string of the molecule is CCOc1ccc(N2C(=O)C(=O)/C(=C(\O)c3ccc([N+](=O)[O-])cc3)C2c2ccc(Cl)cc2)cc1. The molecule has 1 heterocycles. The molecule has 0 radical (unpaired) electrons. The van der Waals surface area contributed by atoms with Gasteiger partial charge in [0.1, 0.15) is 11.5 Å². The van der Waals surface area contributed by atoms with Gasteiger partial charge in [0.25, 0.3) is 17.4 Å². The van der Waals surface area contributed by atoms with E-state index in [0.717, 1.165) is 0 Å². The topological polar surface area (TPSA) is 110 Å². The van der Waals surface area contributed by atoms with Crippen LogP contribution in [0.2, 0.25) is 5.02 Å². The van der Waals surface area contributed by atoms with E-state index >= 15 is 0 Å². The molecule has 1 N–H and O–H groups in total. The molecule has 1 aliphatic rings. The first-order chi connectivity index (χ1) is 16.3. The monoisotopic (exact) mass is 478 g/mol. The molecule has 1 amide bonds. The summed E-state index contributed by atoms with van der Waals surface area (Å²) in [4.78, 5) is 38.0. The van der Waals surface area contributed by atoms with Gasteiger partial charge in [-0.3, -0.25) is 24.6 Å². The number of benzene rings is 3. The van der Waals surface area contributed by atoms with Crippen molar-refractivity contribution < 1.29 is 24.4 Å². The quantitative estimate of drug-likeness (QED) is 0.170. The molecular formula is C25H19ClN2O6.